The van der Waals surface area contributed by atoms with Crippen LogP contribution in [-0.4, -0.2) is 13.9 Å². The summed E-state index contributed by atoms with van der Waals surface area (Å²) in [5, 5.41) is 0. The molecule has 0 aromatic heterocycles. The summed E-state index contributed by atoms with van der Waals surface area (Å²) >= 11 is 0. The number of benzene rings is 2. The van der Waals surface area contributed by atoms with Crippen molar-refractivity contribution in [2.75, 3.05) is 13.9 Å². The van der Waals surface area contributed by atoms with Gasteiger partial charge in [0.15, 0.2) is 6.79 Å². The van der Waals surface area contributed by atoms with Crippen molar-refractivity contribution in [3.8, 4) is 16.9 Å². The third-order valence-corrected chi connectivity index (χ3v) is 2.56. The number of hydrogen-bond acceptors (Lipinski definition) is 2. The van der Waals surface area contributed by atoms with Gasteiger partial charge in [-0.3, -0.25) is 0 Å². The van der Waals surface area contributed by atoms with Crippen molar-refractivity contribution < 1.29 is 9.47 Å². The average molecular weight is 228 g/mol. The number of ether oxygens (including phenoxy) is 2. The van der Waals surface area contributed by atoms with Crippen LogP contribution in [0.2, 0.25) is 0 Å². The van der Waals surface area contributed by atoms with E-state index in [1.165, 1.54) is 11.1 Å². The highest BCUT2D eigenvalue weighted by Gasteiger charge is 1.99. The molecule has 2 rings (SSSR count). The highest BCUT2D eigenvalue weighted by atomic mass is 16.7. The zero-order valence-electron chi connectivity index (χ0n) is 10.1. The summed E-state index contributed by atoms with van der Waals surface area (Å²) in [6, 6.07) is 16.5. The molecule has 2 aromatic carbocycles. The summed E-state index contributed by atoms with van der Waals surface area (Å²) in [6.07, 6.45) is 0. The SMILES string of the molecule is COCOc1cccc(-c2ccc(C)cc2)c1. The lowest BCUT2D eigenvalue weighted by Gasteiger charge is -2.07. The van der Waals surface area contributed by atoms with Gasteiger partial charge in [-0.25, -0.2) is 0 Å². The molecule has 0 heterocycles. The normalized spacial score (nSPS) is 10.2. The average Bonchev–Trinajstić information content (AvgIpc) is 2.37. The molecular formula is C15H16O2. The van der Waals surface area contributed by atoms with Crippen LogP contribution >= 0.6 is 0 Å². The minimum Gasteiger partial charge on any atom is -0.468 e. The zero-order valence-corrected chi connectivity index (χ0v) is 10.1. The smallest absolute Gasteiger partial charge is 0.188 e. The predicted molar refractivity (Wildman–Crippen MR) is 69.1 cm³/mol. The van der Waals surface area contributed by atoms with E-state index in [9.17, 15) is 0 Å². The van der Waals surface area contributed by atoms with E-state index in [-0.39, 0.29) is 6.79 Å². The second-order valence-corrected chi connectivity index (χ2v) is 3.94. The molecule has 2 nitrogen and oxygen atoms in total. The molecule has 88 valence electrons. The van der Waals surface area contributed by atoms with Crippen LogP contribution in [0, 0.1) is 6.92 Å². The molecule has 0 fully saturated rings. The topological polar surface area (TPSA) is 18.5 Å². The van der Waals surface area contributed by atoms with E-state index >= 15 is 0 Å². The summed E-state index contributed by atoms with van der Waals surface area (Å²) in [4.78, 5) is 0. The Balaban J connectivity index is 2.23. The third kappa shape index (κ3) is 3.08. The lowest BCUT2D eigenvalue weighted by molar-refractivity contribution is 0.0511. The molecule has 17 heavy (non-hydrogen) atoms. The molecule has 0 atom stereocenters. The predicted octanol–water partition coefficient (Wildman–Crippen LogP) is 3.64. The van der Waals surface area contributed by atoms with Gasteiger partial charge in [0.1, 0.15) is 5.75 Å². The van der Waals surface area contributed by atoms with Gasteiger partial charge in [0, 0.05) is 7.11 Å². The van der Waals surface area contributed by atoms with Gasteiger partial charge in [0.25, 0.3) is 0 Å². The van der Waals surface area contributed by atoms with Gasteiger partial charge >= 0.3 is 0 Å². The van der Waals surface area contributed by atoms with E-state index in [1.807, 2.05) is 18.2 Å². The summed E-state index contributed by atoms with van der Waals surface area (Å²) in [6.45, 7) is 2.36. The third-order valence-electron chi connectivity index (χ3n) is 2.56. The number of aryl methyl sites for hydroxylation is 1. The molecule has 0 unspecified atom stereocenters. The molecule has 0 saturated heterocycles. The first-order valence-electron chi connectivity index (χ1n) is 5.58. The van der Waals surface area contributed by atoms with Crippen LogP contribution < -0.4 is 4.74 Å². The molecule has 2 aromatic rings. The molecule has 0 spiro atoms. The highest BCUT2D eigenvalue weighted by molar-refractivity contribution is 5.65. The Labute approximate surface area is 102 Å². The zero-order chi connectivity index (χ0) is 12.1. The summed E-state index contributed by atoms with van der Waals surface area (Å²) in [5.74, 6) is 0.824. The number of rotatable bonds is 4. The van der Waals surface area contributed by atoms with Crippen molar-refractivity contribution in [2.45, 2.75) is 6.92 Å². The molecule has 2 heteroatoms. The Morgan fingerprint density at radius 1 is 0.941 bits per heavy atom. The van der Waals surface area contributed by atoms with Gasteiger partial charge in [-0.1, -0.05) is 42.0 Å². The van der Waals surface area contributed by atoms with E-state index in [0.29, 0.717) is 0 Å². The lowest BCUT2D eigenvalue weighted by atomic mass is 10.0. The Bertz CT molecular complexity index is 475. The number of methoxy groups -OCH3 is 1. The molecule has 0 bridgehead atoms. The fourth-order valence-electron chi connectivity index (χ4n) is 1.64. The van der Waals surface area contributed by atoms with Crippen LogP contribution in [0.15, 0.2) is 48.5 Å². The summed E-state index contributed by atoms with van der Waals surface area (Å²) < 4.78 is 10.3. The van der Waals surface area contributed by atoms with Gasteiger partial charge in [-0.2, -0.15) is 0 Å². The molecule has 0 N–H and O–H groups in total. The maximum absolute atomic E-state index is 5.42. The maximum Gasteiger partial charge on any atom is 0.188 e. The first-order chi connectivity index (χ1) is 8.29. The fraction of sp³-hybridized carbons (Fsp3) is 0.200. The Morgan fingerprint density at radius 2 is 1.71 bits per heavy atom. The monoisotopic (exact) mass is 228 g/mol. The van der Waals surface area contributed by atoms with E-state index in [0.717, 1.165) is 11.3 Å². The van der Waals surface area contributed by atoms with Crippen LogP contribution in [0.4, 0.5) is 0 Å². The number of hydrogen-bond donors (Lipinski definition) is 0. The molecule has 0 radical (unpaired) electrons. The molecular weight excluding hydrogens is 212 g/mol. The van der Waals surface area contributed by atoms with Gasteiger partial charge in [-0.15, -0.1) is 0 Å². The van der Waals surface area contributed by atoms with Gasteiger partial charge in [0.2, 0.25) is 0 Å². The standard InChI is InChI=1S/C15H16O2/c1-12-6-8-13(9-7-12)14-4-3-5-15(10-14)17-11-16-2/h3-10H,11H2,1-2H3. The Kier molecular flexibility index (Phi) is 3.78. The van der Waals surface area contributed by atoms with Crippen LogP contribution in [0.5, 0.6) is 5.75 Å². The van der Waals surface area contributed by atoms with Crippen LogP contribution in [0.25, 0.3) is 11.1 Å². The van der Waals surface area contributed by atoms with Crippen molar-refractivity contribution in [3.05, 3.63) is 54.1 Å². The van der Waals surface area contributed by atoms with Crippen molar-refractivity contribution in [1.82, 2.24) is 0 Å². The molecule has 0 amide bonds. The van der Waals surface area contributed by atoms with Crippen molar-refractivity contribution >= 4 is 0 Å². The van der Waals surface area contributed by atoms with Crippen molar-refractivity contribution in [3.63, 3.8) is 0 Å². The molecule has 0 aliphatic rings. The molecule has 0 aliphatic heterocycles. The van der Waals surface area contributed by atoms with Gasteiger partial charge < -0.3 is 9.47 Å². The summed E-state index contributed by atoms with van der Waals surface area (Å²) in [7, 11) is 1.61. The van der Waals surface area contributed by atoms with Crippen molar-refractivity contribution in [1.29, 1.82) is 0 Å². The van der Waals surface area contributed by atoms with Gasteiger partial charge in [0.05, 0.1) is 0 Å². The van der Waals surface area contributed by atoms with Crippen LogP contribution in [-0.2, 0) is 4.74 Å². The minimum absolute atomic E-state index is 0.275. The second kappa shape index (κ2) is 5.51. The molecule has 0 saturated carbocycles. The first kappa shape index (κ1) is 11.7. The Hall–Kier alpha value is -1.80. The quantitative estimate of drug-likeness (QED) is 0.744. The largest absolute Gasteiger partial charge is 0.468 e. The maximum atomic E-state index is 5.42. The Morgan fingerprint density at radius 3 is 2.41 bits per heavy atom. The van der Waals surface area contributed by atoms with E-state index in [4.69, 9.17) is 9.47 Å². The van der Waals surface area contributed by atoms with Crippen LogP contribution in [0.3, 0.4) is 0 Å². The van der Waals surface area contributed by atoms with Crippen molar-refractivity contribution in [2.24, 2.45) is 0 Å². The summed E-state index contributed by atoms with van der Waals surface area (Å²) in [5.41, 5.74) is 3.61. The second-order valence-electron chi connectivity index (χ2n) is 3.94. The highest BCUT2D eigenvalue weighted by Crippen LogP contribution is 2.24. The van der Waals surface area contributed by atoms with Crippen LogP contribution in [0.1, 0.15) is 5.56 Å². The van der Waals surface area contributed by atoms with E-state index in [1.54, 1.807) is 7.11 Å². The minimum atomic E-state index is 0.275. The van der Waals surface area contributed by atoms with E-state index in [2.05, 4.69) is 37.3 Å². The first-order valence-corrected chi connectivity index (χ1v) is 5.58. The lowest BCUT2D eigenvalue weighted by Crippen LogP contribution is -1.98. The van der Waals surface area contributed by atoms with E-state index < -0.39 is 0 Å². The molecule has 0 aliphatic carbocycles. The fourth-order valence-corrected chi connectivity index (χ4v) is 1.64. The van der Waals surface area contributed by atoms with Gasteiger partial charge in [-0.05, 0) is 30.2 Å².